The smallest absolute Gasteiger partial charge is 0.303 e. The van der Waals surface area contributed by atoms with Crippen LogP contribution in [-0.4, -0.2) is 11.1 Å². The van der Waals surface area contributed by atoms with E-state index in [1.165, 1.54) is 11.1 Å². The first-order valence-electron chi connectivity index (χ1n) is 10.7. The van der Waals surface area contributed by atoms with E-state index >= 15 is 0 Å². The molecule has 4 heteroatoms. The highest BCUT2D eigenvalue weighted by atomic mass is 16.5. The van der Waals surface area contributed by atoms with E-state index in [9.17, 15) is 4.79 Å². The molecular formula is C27H30O4. The quantitative estimate of drug-likeness (QED) is 0.390. The van der Waals surface area contributed by atoms with Crippen molar-refractivity contribution in [2.24, 2.45) is 0 Å². The average molecular weight is 419 g/mol. The lowest BCUT2D eigenvalue weighted by molar-refractivity contribution is -0.136. The van der Waals surface area contributed by atoms with E-state index in [0.29, 0.717) is 35.5 Å². The molecule has 0 aliphatic heterocycles. The van der Waals surface area contributed by atoms with E-state index in [1.54, 1.807) is 0 Å². The van der Waals surface area contributed by atoms with Crippen LogP contribution in [-0.2, 0) is 11.2 Å². The van der Waals surface area contributed by atoms with Crippen molar-refractivity contribution in [2.75, 3.05) is 0 Å². The summed E-state index contributed by atoms with van der Waals surface area (Å²) in [6.45, 7) is 8.61. The van der Waals surface area contributed by atoms with Gasteiger partial charge in [0.05, 0.1) is 0 Å². The Morgan fingerprint density at radius 3 is 1.71 bits per heavy atom. The van der Waals surface area contributed by atoms with Gasteiger partial charge in [0.25, 0.3) is 0 Å². The molecule has 0 unspecified atom stereocenters. The molecule has 0 spiro atoms. The lowest BCUT2D eigenvalue weighted by Gasteiger charge is -2.14. The molecule has 3 aromatic carbocycles. The summed E-state index contributed by atoms with van der Waals surface area (Å²) in [6, 6.07) is 21.6. The van der Waals surface area contributed by atoms with Crippen molar-refractivity contribution in [1.29, 1.82) is 0 Å². The summed E-state index contributed by atoms with van der Waals surface area (Å²) in [7, 11) is 0. The van der Waals surface area contributed by atoms with Gasteiger partial charge in [0.2, 0.25) is 0 Å². The summed E-state index contributed by atoms with van der Waals surface area (Å²) in [5, 5.41) is 9.08. The van der Waals surface area contributed by atoms with E-state index in [-0.39, 0.29) is 6.42 Å². The van der Waals surface area contributed by atoms with E-state index in [1.807, 2.05) is 54.6 Å². The zero-order valence-corrected chi connectivity index (χ0v) is 18.6. The second-order valence-electron chi connectivity index (χ2n) is 8.31. The van der Waals surface area contributed by atoms with Crippen LogP contribution in [0.3, 0.4) is 0 Å². The van der Waals surface area contributed by atoms with Crippen LogP contribution in [0, 0.1) is 0 Å². The van der Waals surface area contributed by atoms with Gasteiger partial charge in [0, 0.05) is 12.5 Å². The molecule has 0 atom stereocenters. The third-order valence-corrected chi connectivity index (χ3v) is 5.20. The van der Waals surface area contributed by atoms with Gasteiger partial charge in [0.15, 0.2) is 0 Å². The van der Waals surface area contributed by atoms with Crippen LogP contribution in [0.2, 0.25) is 0 Å². The van der Waals surface area contributed by atoms with Gasteiger partial charge in [-0.1, -0.05) is 58.0 Å². The largest absolute Gasteiger partial charge is 0.481 e. The third-order valence-electron chi connectivity index (χ3n) is 5.20. The number of carbonyl (C=O) groups is 1. The zero-order chi connectivity index (χ0) is 22.4. The number of aryl methyl sites for hydroxylation is 1. The summed E-state index contributed by atoms with van der Waals surface area (Å²) in [6.07, 6.45) is 0.428. The predicted octanol–water partition coefficient (Wildman–Crippen LogP) is 7.54. The maximum Gasteiger partial charge on any atom is 0.303 e. The average Bonchev–Trinajstić information content (AvgIpc) is 2.74. The number of hydrogen-bond donors (Lipinski definition) is 1. The molecule has 4 nitrogen and oxygen atoms in total. The summed E-state index contributed by atoms with van der Waals surface area (Å²) in [4.78, 5) is 11.1. The van der Waals surface area contributed by atoms with Crippen LogP contribution in [0.4, 0.5) is 0 Å². The van der Waals surface area contributed by atoms with E-state index in [2.05, 4.69) is 39.8 Å². The molecule has 3 rings (SSSR count). The number of benzene rings is 3. The first-order valence-corrected chi connectivity index (χ1v) is 10.7. The van der Waals surface area contributed by atoms with Gasteiger partial charge in [-0.05, 0) is 65.3 Å². The van der Waals surface area contributed by atoms with Crippen LogP contribution in [0.25, 0.3) is 0 Å². The van der Waals surface area contributed by atoms with Crippen molar-refractivity contribution < 1.29 is 19.4 Å². The number of carboxylic acid groups (broad SMARTS) is 1. The van der Waals surface area contributed by atoms with Crippen molar-refractivity contribution >= 4 is 5.97 Å². The Balaban J connectivity index is 1.83. The normalized spacial score (nSPS) is 11.0. The Hall–Kier alpha value is -3.27. The Bertz CT molecular complexity index is 1000. The third kappa shape index (κ3) is 6.35. The first-order chi connectivity index (χ1) is 14.8. The van der Waals surface area contributed by atoms with E-state index < -0.39 is 5.97 Å². The molecule has 0 saturated carbocycles. The fourth-order valence-corrected chi connectivity index (χ4v) is 3.25. The van der Waals surface area contributed by atoms with E-state index in [4.69, 9.17) is 14.6 Å². The standard InChI is InChI=1S/C27H30O4/c1-18(2)20-5-11-23(12-6-20)30-25-15-9-22(10-16-27(28)29)26(17-25)31-24-13-7-21(8-14-24)19(3)4/h5-9,11-15,17-19H,10,16H2,1-4H3,(H,28,29). The summed E-state index contributed by atoms with van der Waals surface area (Å²) < 4.78 is 12.2. The molecule has 0 amide bonds. The van der Waals surface area contributed by atoms with Gasteiger partial charge in [-0.15, -0.1) is 0 Å². The minimum absolute atomic E-state index is 0.0412. The Kier molecular flexibility index (Phi) is 7.35. The zero-order valence-electron chi connectivity index (χ0n) is 18.6. The number of carboxylic acids is 1. The summed E-state index contributed by atoms with van der Waals surface area (Å²) in [5.41, 5.74) is 3.32. The highest BCUT2D eigenvalue weighted by molar-refractivity contribution is 5.67. The maximum atomic E-state index is 11.1. The van der Waals surface area contributed by atoms with Gasteiger partial charge < -0.3 is 14.6 Å². The van der Waals surface area contributed by atoms with Crippen LogP contribution < -0.4 is 9.47 Å². The Morgan fingerprint density at radius 1 is 0.742 bits per heavy atom. The van der Waals surface area contributed by atoms with Crippen molar-refractivity contribution in [3.05, 3.63) is 83.4 Å². The van der Waals surface area contributed by atoms with Crippen LogP contribution >= 0.6 is 0 Å². The number of hydrogen-bond acceptors (Lipinski definition) is 3. The second kappa shape index (κ2) is 10.2. The molecule has 0 heterocycles. The fourth-order valence-electron chi connectivity index (χ4n) is 3.25. The molecule has 0 fully saturated rings. The van der Waals surface area contributed by atoms with E-state index in [0.717, 1.165) is 11.3 Å². The summed E-state index contributed by atoms with van der Waals surface area (Å²) >= 11 is 0. The molecule has 0 radical (unpaired) electrons. The molecule has 0 aliphatic carbocycles. The van der Waals surface area contributed by atoms with Crippen LogP contribution in [0.5, 0.6) is 23.0 Å². The molecular weight excluding hydrogens is 388 g/mol. The monoisotopic (exact) mass is 418 g/mol. The molecule has 31 heavy (non-hydrogen) atoms. The second-order valence-corrected chi connectivity index (χ2v) is 8.31. The van der Waals surface area contributed by atoms with Gasteiger partial charge in [-0.2, -0.15) is 0 Å². The topological polar surface area (TPSA) is 55.8 Å². The van der Waals surface area contributed by atoms with Crippen LogP contribution in [0.1, 0.15) is 62.6 Å². The Labute approximate surface area is 184 Å². The highest BCUT2D eigenvalue weighted by Gasteiger charge is 2.11. The SMILES string of the molecule is CC(C)c1ccc(Oc2ccc(CCC(=O)O)c(Oc3ccc(C(C)C)cc3)c2)cc1. The predicted molar refractivity (Wildman–Crippen MR) is 124 cm³/mol. The highest BCUT2D eigenvalue weighted by Crippen LogP contribution is 2.33. The number of aliphatic carboxylic acids is 1. The Morgan fingerprint density at radius 2 is 1.23 bits per heavy atom. The van der Waals surface area contributed by atoms with Crippen LogP contribution in [0.15, 0.2) is 66.7 Å². The minimum atomic E-state index is -0.835. The van der Waals surface area contributed by atoms with Gasteiger partial charge in [0.1, 0.15) is 23.0 Å². The maximum absolute atomic E-state index is 11.1. The number of ether oxygens (including phenoxy) is 2. The molecule has 0 bridgehead atoms. The van der Waals surface area contributed by atoms with Crippen molar-refractivity contribution in [3.63, 3.8) is 0 Å². The lowest BCUT2D eigenvalue weighted by Crippen LogP contribution is -2.00. The molecule has 0 aromatic heterocycles. The van der Waals surface area contributed by atoms with Gasteiger partial charge in [-0.25, -0.2) is 0 Å². The minimum Gasteiger partial charge on any atom is -0.481 e. The first kappa shape index (κ1) is 22.4. The molecule has 3 aromatic rings. The number of rotatable bonds is 9. The molecule has 162 valence electrons. The van der Waals surface area contributed by atoms with Crippen molar-refractivity contribution in [3.8, 4) is 23.0 Å². The lowest BCUT2D eigenvalue weighted by atomic mass is 10.0. The molecule has 0 saturated heterocycles. The molecule has 1 N–H and O–H groups in total. The van der Waals surface area contributed by atoms with Crippen molar-refractivity contribution in [1.82, 2.24) is 0 Å². The van der Waals surface area contributed by atoms with Gasteiger partial charge >= 0.3 is 5.97 Å². The fraction of sp³-hybridized carbons (Fsp3) is 0.296. The molecule has 0 aliphatic rings. The van der Waals surface area contributed by atoms with Gasteiger partial charge in [-0.3, -0.25) is 4.79 Å². The summed E-state index contributed by atoms with van der Waals surface area (Å²) in [5.74, 6) is 2.77. The van der Waals surface area contributed by atoms with Crippen molar-refractivity contribution in [2.45, 2.75) is 52.4 Å².